The van der Waals surface area contributed by atoms with E-state index < -0.39 is 0 Å². The van der Waals surface area contributed by atoms with Gasteiger partial charge in [0.25, 0.3) is 0 Å². The minimum atomic E-state index is -0.177. The van der Waals surface area contributed by atoms with Gasteiger partial charge in [0.15, 0.2) is 0 Å². The van der Waals surface area contributed by atoms with Crippen LogP contribution in [0.1, 0.15) is 98.3 Å². The van der Waals surface area contributed by atoms with Crippen molar-refractivity contribution in [2.24, 2.45) is 46.3 Å². The van der Waals surface area contributed by atoms with Crippen LogP contribution < -0.4 is 0 Å². The highest BCUT2D eigenvalue weighted by atomic mass is 16.5. The van der Waals surface area contributed by atoms with Crippen LogP contribution >= 0.6 is 0 Å². The van der Waals surface area contributed by atoms with E-state index in [1.54, 1.807) is 0 Å². The van der Waals surface area contributed by atoms with Gasteiger partial charge in [-0.3, -0.25) is 4.79 Å². The van der Waals surface area contributed by atoms with Gasteiger partial charge < -0.3 is 9.84 Å². The molecule has 0 bridgehead atoms. The molecule has 4 aliphatic carbocycles. The molecule has 3 heteroatoms. The highest BCUT2D eigenvalue weighted by Crippen LogP contribution is 2.68. The van der Waals surface area contributed by atoms with Crippen molar-refractivity contribution < 1.29 is 14.6 Å². The average Bonchev–Trinajstić information content (AvgIpc) is 3.06. The normalized spacial score (nSPS) is 47.6. The molecule has 0 radical (unpaired) electrons. The minimum Gasteiger partial charge on any atom is -0.466 e. The van der Waals surface area contributed by atoms with E-state index in [9.17, 15) is 9.90 Å². The van der Waals surface area contributed by atoms with Crippen LogP contribution in [0.2, 0.25) is 0 Å². The quantitative estimate of drug-likeness (QED) is 0.573. The number of carbonyl (C=O) groups is 1. The number of ether oxygens (including phenoxy) is 1. The zero-order chi connectivity index (χ0) is 20.8. The first kappa shape index (κ1) is 21.7. The lowest BCUT2D eigenvalue weighted by Crippen LogP contribution is -2.58. The first-order valence-corrected chi connectivity index (χ1v) is 12.7. The lowest BCUT2D eigenvalue weighted by atomic mass is 9.44. The van der Waals surface area contributed by atoms with E-state index in [4.69, 9.17) is 4.74 Å². The molecule has 29 heavy (non-hydrogen) atoms. The summed E-state index contributed by atoms with van der Waals surface area (Å²) in [5.41, 5.74) is 0.504. The fourth-order valence-corrected chi connectivity index (χ4v) is 9.00. The number of hydrogen-bond donors (Lipinski definition) is 1. The maximum absolute atomic E-state index is 11.9. The van der Waals surface area contributed by atoms with Gasteiger partial charge in [0.1, 0.15) is 0 Å². The summed E-state index contributed by atoms with van der Waals surface area (Å²) in [6.45, 7) is 9.65. The monoisotopic (exact) mass is 404 g/mol. The molecule has 0 aliphatic heterocycles. The van der Waals surface area contributed by atoms with Crippen molar-refractivity contribution >= 4 is 5.97 Å². The standard InChI is InChI=1S/C26H44O3/c1-5-29-24(28)14-9-17(2)20-12-13-21-19-11-10-18-8-6-7-15-25(18,3)22(19)16-23(27)26(20,21)4/h17-23,27H,5-16H2,1-4H3/t17-,18?,19?,20?,21?,22?,23+,25?,26?/m1/s1. The van der Waals surface area contributed by atoms with E-state index in [1.165, 1.54) is 51.4 Å². The SMILES string of the molecule is CCOC(=O)CC[C@@H](C)C1CCC2C3CCC4CCCCC4(C)C3C[C@H](O)C21C. The molecule has 0 aromatic rings. The van der Waals surface area contributed by atoms with Crippen molar-refractivity contribution in [3.63, 3.8) is 0 Å². The van der Waals surface area contributed by atoms with Crippen LogP contribution in [-0.2, 0) is 9.53 Å². The summed E-state index contributed by atoms with van der Waals surface area (Å²) in [5, 5.41) is 11.6. The molecule has 3 nitrogen and oxygen atoms in total. The number of rotatable bonds is 5. The van der Waals surface area contributed by atoms with Gasteiger partial charge in [-0.2, -0.15) is 0 Å². The van der Waals surface area contributed by atoms with E-state index in [1.807, 2.05) is 6.92 Å². The van der Waals surface area contributed by atoms with Crippen LogP contribution in [0.15, 0.2) is 0 Å². The van der Waals surface area contributed by atoms with E-state index in [0.29, 0.717) is 36.2 Å². The number of esters is 1. The Bertz CT molecular complexity index is 603. The van der Waals surface area contributed by atoms with Gasteiger partial charge in [-0.05, 0) is 105 Å². The Morgan fingerprint density at radius 1 is 1.10 bits per heavy atom. The largest absolute Gasteiger partial charge is 0.466 e. The van der Waals surface area contributed by atoms with E-state index in [2.05, 4.69) is 20.8 Å². The van der Waals surface area contributed by atoms with Crippen LogP contribution in [0.3, 0.4) is 0 Å². The van der Waals surface area contributed by atoms with Crippen LogP contribution in [-0.4, -0.2) is 23.8 Å². The van der Waals surface area contributed by atoms with Crippen LogP contribution in [0.5, 0.6) is 0 Å². The zero-order valence-corrected chi connectivity index (χ0v) is 19.3. The molecule has 7 unspecified atom stereocenters. The fraction of sp³-hybridized carbons (Fsp3) is 0.962. The number of hydrogen-bond acceptors (Lipinski definition) is 3. The second-order valence-corrected chi connectivity index (χ2v) is 11.5. The van der Waals surface area contributed by atoms with E-state index in [-0.39, 0.29) is 17.5 Å². The predicted molar refractivity (Wildman–Crippen MR) is 116 cm³/mol. The third kappa shape index (κ3) is 3.48. The van der Waals surface area contributed by atoms with Gasteiger partial charge >= 0.3 is 5.97 Å². The molecular weight excluding hydrogens is 360 g/mol. The van der Waals surface area contributed by atoms with Gasteiger partial charge in [-0.1, -0.05) is 33.6 Å². The topological polar surface area (TPSA) is 46.5 Å². The summed E-state index contributed by atoms with van der Waals surface area (Å²) in [5.74, 6) is 4.05. The second kappa shape index (κ2) is 8.17. The lowest BCUT2D eigenvalue weighted by Gasteiger charge is -2.62. The molecule has 4 saturated carbocycles. The number of aliphatic hydroxyl groups is 1. The molecule has 1 N–H and O–H groups in total. The molecule has 0 aromatic heterocycles. The van der Waals surface area contributed by atoms with Crippen LogP contribution in [0.25, 0.3) is 0 Å². The smallest absolute Gasteiger partial charge is 0.305 e. The lowest BCUT2D eigenvalue weighted by molar-refractivity contribution is -0.168. The third-order valence-corrected chi connectivity index (χ3v) is 10.6. The van der Waals surface area contributed by atoms with Gasteiger partial charge in [-0.25, -0.2) is 0 Å². The van der Waals surface area contributed by atoms with Gasteiger partial charge in [0.05, 0.1) is 12.7 Å². The summed E-state index contributed by atoms with van der Waals surface area (Å²) in [7, 11) is 0. The number of fused-ring (bicyclic) bond motifs is 5. The minimum absolute atomic E-state index is 0.0348. The maximum atomic E-state index is 11.9. The highest BCUT2D eigenvalue weighted by molar-refractivity contribution is 5.69. The Morgan fingerprint density at radius 3 is 2.66 bits per heavy atom. The first-order valence-electron chi connectivity index (χ1n) is 12.7. The maximum Gasteiger partial charge on any atom is 0.305 e. The average molecular weight is 405 g/mol. The fourth-order valence-electron chi connectivity index (χ4n) is 9.00. The van der Waals surface area contributed by atoms with E-state index >= 15 is 0 Å². The van der Waals surface area contributed by atoms with Gasteiger partial charge in [-0.15, -0.1) is 0 Å². The molecule has 0 saturated heterocycles. The Hall–Kier alpha value is -0.570. The Morgan fingerprint density at radius 2 is 1.90 bits per heavy atom. The number of carbonyl (C=O) groups excluding carboxylic acids is 1. The molecule has 4 rings (SSSR count). The molecule has 166 valence electrons. The molecule has 0 spiro atoms. The molecular formula is C26H44O3. The highest BCUT2D eigenvalue weighted by Gasteiger charge is 2.63. The number of aliphatic hydroxyl groups excluding tert-OH is 1. The second-order valence-electron chi connectivity index (χ2n) is 11.5. The van der Waals surface area contributed by atoms with Crippen molar-refractivity contribution in [2.45, 2.75) is 104 Å². The summed E-state index contributed by atoms with van der Waals surface area (Å²) >= 11 is 0. The summed E-state index contributed by atoms with van der Waals surface area (Å²) in [6.07, 6.45) is 13.2. The Labute approximate surface area is 178 Å². The molecule has 9 atom stereocenters. The molecule has 0 aromatic carbocycles. The Balaban J connectivity index is 1.50. The van der Waals surface area contributed by atoms with Crippen LogP contribution in [0.4, 0.5) is 0 Å². The van der Waals surface area contributed by atoms with Crippen molar-refractivity contribution in [2.75, 3.05) is 6.61 Å². The third-order valence-electron chi connectivity index (χ3n) is 10.6. The predicted octanol–water partition coefficient (Wildman–Crippen LogP) is 5.99. The summed E-state index contributed by atoms with van der Waals surface area (Å²) < 4.78 is 5.15. The van der Waals surface area contributed by atoms with Crippen LogP contribution in [0, 0.1) is 46.3 Å². The van der Waals surface area contributed by atoms with Crippen molar-refractivity contribution in [3.05, 3.63) is 0 Å². The van der Waals surface area contributed by atoms with E-state index in [0.717, 1.165) is 30.6 Å². The van der Waals surface area contributed by atoms with Gasteiger partial charge in [0, 0.05) is 6.42 Å². The summed E-state index contributed by atoms with van der Waals surface area (Å²) in [4.78, 5) is 11.9. The molecule has 0 heterocycles. The van der Waals surface area contributed by atoms with Crippen molar-refractivity contribution in [1.82, 2.24) is 0 Å². The molecule has 0 amide bonds. The summed E-state index contributed by atoms with van der Waals surface area (Å²) in [6, 6.07) is 0. The molecule has 4 aliphatic rings. The van der Waals surface area contributed by atoms with Crippen molar-refractivity contribution in [1.29, 1.82) is 0 Å². The van der Waals surface area contributed by atoms with Crippen molar-refractivity contribution in [3.8, 4) is 0 Å². The molecule has 4 fully saturated rings. The first-order chi connectivity index (χ1) is 13.8. The van der Waals surface area contributed by atoms with Gasteiger partial charge in [0.2, 0.25) is 0 Å². The zero-order valence-electron chi connectivity index (χ0n) is 19.3. The Kier molecular flexibility index (Phi) is 6.10.